The van der Waals surface area contributed by atoms with Gasteiger partial charge < -0.3 is 14.2 Å². The fourth-order valence-electron chi connectivity index (χ4n) is 3.27. The number of aliphatic imine (C=N–C) groups is 1. The van der Waals surface area contributed by atoms with Crippen LogP contribution in [-0.4, -0.2) is 19.0 Å². The van der Waals surface area contributed by atoms with E-state index in [9.17, 15) is 4.79 Å². The summed E-state index contributed by atoms with van der Waals surface area (Å²) in [6.45, 7) is 4.46. The van der Waals surface area contributed by atoms with Crippen molar-refractivity contribution in [2.75, 3.05) is 7.11 Å². The van der Waals surface area contributed by atoms with Gasteiger partial charge in [-0.3, -0.25) is 0 Å². The van der Waals surface area contributed by atoms with Crippen LogP contribution in [0.15, 0.2) is 69.8 Å². The normalized spacial score (nSPS) is 14.3. The molecule has 0 bridgehead atoms. The van der Waals surface area contributed by atoms with Crippen molar-refractivity contribution in [1.82, 2.24) is 0 Å². The molecule has 168 valence electrons. The Balaban J connectivity index is 1.59. The zero-order valence-corrected chi connectivity index (χ0v) is 22.1. The molecule has 5 nitrogen and oxygen atoms in total. The van der Waals surface area contributed by atoms with E-state index in [1.807, 2.05) is 62.4 Å². The Morgan fingerprint density at radius 3 is 2.55 bits per heavy atom. The number of esters is 1. The highest BCUT2D eigenvalue weighted by molar-refractivity contribution is 14.1. The summed E-state index contributed by atoms with van der Waals surface area (Å²) in [7, 11) is 1.58. The minimum absolute atomic E-state index is 0.225. The zero-order chi connectivity index (χ0) is 23.5. The number of aryl methyl sites for hydroxylation is 2. The third-order valence-electron chi connectivity index (χ3n) is 5.08. The van der Waals surface area contributed by atoms with Crippen molar-refractivity contribution in [3.05, 3.63) is 96.2 Å². The number of carbonyl (C=O) groups is 1. The molecular formula is C26H21BrINO4. The maximum absolute atomic E-state index is 12.4. The van der Waals surface area contributed by atoms with Crippen molar-refractivity contribution < 1.29 is 19.0 Å². The van der Waals surface area contributed by atoms with E-state index in [0.717, 1.165) is 25.8 Å². The molecule has 0 fully saturated rings. The first kappa shape index (κ1) is 23.5. The first-order chi connectivity index (χ1) is 15.8. The van der Waals surface area contributed by atoms with Crippen molar-refractivity contribution in [1.29, 1.82) is 0 Å². The summed E-state index contributed by atoms with van der Waals surface area (Å²) in [6.07, 6.45) is 1.67. The standard InChI is InChI=1S/C26H21BrINO4/c1-15-4-6-17(7-5-15)14-32-24-20(27)11-18(13-23(24)31-3)12-22-26(30)33-25(29-22)19-8-9-21(28)16(2)10-19/h4-13H,14H2,1-3H3/b22-12-. The van der Waals surface area contributed by atoms with Crippen molar-refractivity contribution in [2.24, 2.45) is 4.99 Å². The van der Waals surface area contributed by atoms with E-state index in [2.05, 4.69) is 43.5 Å². The number of ether oxygens (including phenoxy) is 3. The molecule has 1 aliphatic heterocycles. The molecule has 3 aromatic rings. The first-order valence-electron chi connectivity index (χ1n) is 10.2. The molecule has 1 aliphatic rings. The van der Waals surface area contributed by atoms with Gasteiger partial charge in [0.1, 0.15) is 6.61 Å². The van der Waals surface area contributed by atoms with Crippen LogP contribution in [0.2, 0.25) is 0 Å². The monoisotopic (exact) mass is 617 g/mol. The van der Waals surface area contributed by atoms with Crippen LogP contribution < -0.4 is 9.47 Å². The van der Waals surface area contributed by atoms with Gasteiger partial charge in [-0.25, -0.2) is 9.79 Å². The van der Waals surface area contributed by atoms with Crippen molar-refractivity contribution in [2.45, 2.75) is 20.5 Å². The predicted molar refractivity (Wildman–Crippen MR) is 141 cm³/mol. The van der Waals surface area contributed by atoms with Gasteiger partial charge in [-0.1, -0.05) is 29.8 Å². The lowest BCUT2D eigenvalue weighted by atomic mass is 10.1. The summed E-state index contributed by atoms with van der Waals surface area (Å²) in [5.74, 6) is 0.950. The summed E-state index contributed by atoms with van der Waals surface area (Å²) in [6, 6.07) is 17.6. The van der Waals surface area contributed by atoms with E-state index in [0.29, 0.717) is 28.5 Å². The Hall–Kier alpha value is -2.65. The highest BCUT2D eigenvalue weighted by Gasteiger charge is 2.25. The number of methoxy groups -OCH3 is 1. The lowest BCUT2D eigenvalue weighted by molar-refractivity contribution is -0.129. The van der Waals surface area contributed by atoms with Crippen LogP contribution in [0.4, 0.5) is 0 Å². The van der Waals surface area contributed by atoms with Crippen molar-refractivity contribution in [3.8, 4) is 11.5 Å². The Bertz CT molecular complexity index is 1280. The molecule has 0 saturated heterocycles. The van der Waals surface area contributed by atoms with Crippen LogP contribution in [0.5, 0.6) is 11.5 Å². The van der Waals surface area contributed by atoms with Crippen LogP contribution in [0.1, 0.15) is 27.8 Å². The average Bonchev–Trinajstić information content (AvgIpc) is 3.15. The van der Waals surface area contributed by atoms with E-state index in [-0.39, 0.29) is 5.70 Å². The number of carbonyl (C=O) groups excluding carboxylic acids is 1. The molecule has 3 aromatic carbocycles. The van der Waals surface area contributed by atoms with Gasteiger partial charge in [-0.2, -0.15) is 0 Å². The minimum atomic E-state index is -0.490. The second kappa shape index (κ2) is 10.1. The van der Waals surface area contributed by atoms with E-state index in [1.54, 1.807) is 19.3 Å². The van der Waals surface area contributed by atoms with E-state index in [1.165, 1.54) is 5.56 Å². The molecule has 0 N–H and O–H groups in total. The van der Waals surface area contributed by atoms with Gasteiger partial charge in [0.25, 0.3) is 0 Å². The Labute approximate surface area is 214 Å². The number of benzene rings is 3. The Morgan fingerprint density at radius 2 is 1.85 bits per heavy atom. The molecule has 0 atom stereocenters. The lowest BCUT2D eigenvalue weighted by Gasteiger charge is -2.14. The van der Waals surface area contributed by atoms with Crippen LogP contribution >= 0.6 is 38.5 Å². The van der Waals surface area contributed by atoms with Crippen molar-refractivity contribution in [3.63, 3.8) is 0 Å². The molecule has 4 rings (SSSR count). The van der Waals surface area contributed by atoms with Crippen LogP contribution in [0.3, 0.4) is 0 Å². The van der Waals surface area contributed by atoms with Gasteiger partial charge in [0.2, 0.25) is 5.90 Å². The van der Waals surface area contributed by atoms with E-state index < -0.39 is 5.97 Å². The topological polar surface area (TPSA) is 57.1 Å². The maximum Gasteiger partial charge on any atom is 0.363 e. The molecule has 7 heteroatoms. The van der Waals surface area contributed by atoms with Crippen LogP contribution in [0, 0.1) is 17.4 Å². The van der Waals surface area contributed by atoms with E-state index in [4.69, 9.17) is 14.2 Å². The Morgan fingerprint density at radius 1 is 1.09 bits per heavy atom. The molecule has 33 heavy (non-hydrogen) atoms. The van der Waals surface area contributed by atoms with Gasteiger partial charge in [0.15, 0.2) is 17.2 Å². The summed E-state index contributed by atoms with van der Waals surface area (Å²) in [4.78, 5) is 16.8. The fourth-order valence-corrected chi connectivity index (χ4v) is 4.18. The van der Waals surface area contributed by atoms with Gasteiger partial charge in [-0.05, 0) is 105 Å². The zero-order valence-electron chi connectivity index (χ0n) is 18.3. The highest BCUT2D eigenvalue weighted by atomic mass is 127. The molecule has 0 aliphatic carbocycles. The number of nitrogens with zero attached hydrogens (tertiary/aromatic N) is 1. The molecule has 0 spiro atoms. The maximum atomic E-state index is 12.4. The summed E-state index contributed by atoms with van der Waals surface area (Å²) in [5, 5.41) is 0. The van der Waals surface area contributed by atoms with Crippen LogP contribution in [0.25, 0.3) is 6.08 Å². The quantitative estimate of drug-likeness (QED) is 0.178. The molecule has 0 amide bonds. The molecular weight excluding hydrogens is 597 g/mol. The van der Waals surface area contributed by atoms with E-state index >= 15 is 0 Å². The third kappa shape index (κ3) is 5.47. The van der Waals surface area contributed by atoms with Gasteiger partial charge in [0.05, 0.1) is 11.6 Å². The molecule has 0 saturated carbocycles. The van der Waals surface area contributed by atoms with Gasteiger partial charge in [0, 0.05) is 9.13 Å². The van der Waals surface area contributed by atoms with Gasteiger partial charge >= 0.3 is 5.97 Å². The summed E-state index contributed by atoms with van der Waals surface area (Å²) < 4.78 is 18.8. The fraction of sp³-hybridized carbons (Fsp3) is 0.154. The highest BCUT2D eigenvalue weighted by Crippen LogP contribution is 2.38. The lowest BCUT2D eigenvalue weighted by Crippen LogP contribution is -2.05. The first-order valence-corrected chi connectivity index (χ1v) is 12.1. The smallest absolute Gasteiger partial charge is 0.363 e. The van der Waals surface area contributed by atoms with Gasteiger partial charge in [-0.15, -0.1) is 0 Å². The average molecular weight is 618 g/mol. The van der Waals surface area contributed by atoms with Crippen LogP contribution in [-0.2, 0) is 16.1 Å². The molecule has 0 radical (unpaired) electrons. The minimum Gasteiger partial charge on any atom is -0.493 e. The SMILES string of the molecule is COc1cc(/C=C2\N=C(c3ccc(I)c(C)c3)OC2=O)cc(Br)c1OCc1ccc(C)cc1. The summed E-state index contributed by atoms with van der Waals surface area (Å²) >= 11 is 5.83. The summed E-state index contributed by atoms with van der Waals surface area (Å²) in [5.41, 5.74) is 5.08. The number of rotatable bonds is 6. The number of hydrogen-bond donors (Lipinski definition) is 0. The largest absolute Gasteiger partial charge is 0.493 e. The number of halogens is 2. The predicted octanol–water partition coefficient (Wildman–Crippen LogP) is 6.60. The number of hydrogen-bond acceptors (Lipinski definition) is 5. The number of cyclic esters (lactones) is 1. The molecule has 0 aromatic heterocycles. The second-order valence-electron chi connectivity index (χ2n) is 7.61. The Kier molecular flexibility index (Phi) is 7.19. The third-order valence-corrected chi connectivity index (χ3v) is 6.88. The second-order valence-corrected chi connectivity index (χ2v) is 9.62. The molecule has 0 unspecified atom stereocenters. The molecule has 1 heterocycles. The van der Waals surface area contributed by atoms with Crippen molar-refractivity contribution >= 4 is 56.5 Å².